The molecule has 0 spiro atoms. The first-order valence-corrected chi connectivity index (χ1v) is 9.21. The van der Waals surface area contributed by atoms with Crippen LogP contribution in [0.5, 0.6) is 0 Å². The summed E-state index contributed by atoms with van der Waals surface area (Å²) in [5, 5.41) is 1.11. The molecule has 5 nitrogen and oxygen atoms in total. The van der Waals surface area contributed by atoms with Gasteiger partial charge in [-0.05, 0) is 17.2 Å². The van der Waals surface area contributed by atoms with Crippen molar-refractivity contribution in [3.05, 3.63) is 71.9 Å². The highest BCUT2D eigenvalue weighted by atomic mass is 32.2. The third kappa shape index (κ3) is 3.36. The van der Waals surface area contributed by atoms with Crippen LogP contribution in [0, 0.1) is 0 Å². The summed E-state index contributed by atoms with van der Waals surface area (Å²) < 4.78 is 28.1. The Morgan fingerprint density at radius 1 is 1.04 bits per heavy atom. The second kappa shape index (κ2) is 6.76. The van der Waals surface area contributed by atoms with E-state index < -0.39 is 10.2 Å². The summed E-state index contributed by atoms with van der Waals surface area (Å²) in [5.74, 6) is -0.0722. The van der Waals surface area contributed by atoms with Crippen molar-refractivity contribution in [1.29, 1.82) is 0 Å². The number of rotatable bonds is 6. The predicted octanol–water partition coefficient (Wildman–Crippen LogP) is 2.70. The highest BCUT2D eigenvalue weighted by molar-refractivity contribution is 7.87. The molecule has 0 aliphatic heterocycles. The molecule has 0 amide bonds. The van der Waals surface area contributed by atoms with Gasteiger partial charge in [-0.25, -0.2) is 4.72 Å². The van der Waals surface area contributed by atoms with Gasteiger partial charge in [-0.3, -0.25) is 0 Å². The van der Waals surface area contributed by atoms with Gasteiger partial charge < -0.3 is 4.98 Å². The van der Waals surface area contributed by atoms with Crippen molar-refractivity contribution >= 4 is 21.1 Å². The van der Waals surface area contributed by atoms with E-state index in [1.165, 1.54) is 18.4 Å². The molecule has 24 heavy (non-hydrogen) atoms. The maximum absolute atomic E-state index is 12.1. The summed E-state index contributed by atoms with van der Waals surface area (Å²) in [5.41, 5.74) is 3.20. The molecule has 0 aliphatic carbocycles. The number of fused-ring (bicyclic) bond motifs is 1. The molecule has 1 heterocycles. The highest BCUT2D eigenvalue weighted by Crippen LogP contribution is 2.30. The zero-order valence-corrected chi connectivity index (χ0v) is 14.5. The molecule has 2 N–H and O–H groups in total. The summed E-state index contributed by atoms with van der Waals surface area (Å²) >= 11 is 0. The second-order valence-electron chi connectivity index (χ2n) is 5.89. The van der Waals surface area contributed by atoms with E-state index in [-0.39, 0.29) is 5.92 Å². The van der Waals surface area contributed by atoms with E-state index in [9.17, 15) is 8.42 Å². The summed E-state index contributed by atoms with van der Waals surface area (Å²) in [7, 11) is -0.434. The van der Waals surface area contributed by atoms with Gasteiger partial charge in [-0.15, -0.1) is 0 Å². The van der Waals surface area contributed by atoms with Crippen LogP contribution in [0.4, 0.5) is 0 Å². The van der Waals surface area contributed by atoms with Crippen LogP contribution in [0.3, 0.4) is 0 Å². The number of aromatic amines is 1. The van der Waals surface area contributed by atoms with Crippen molar-refractivity contribution < 1.29 is 8.42 Å². The van der Waals surface area contributed by atoms with Crippen molar-refractivity contribution in [2.24, 2.45) is 0 Å². The average Bonchev–Trinajstić information content (AvgIpc) is 3.00. The fourth-order valence-corrected chi connectivity index (χ4v) is 3.43. The van der Waals surface area contributed by atoms with E-state index in [1.54, 1.807) is 0 Å². The third-order valence-corrected chi connectivity index (χ3v) is 5.64. The zero-order valence-electron chi connectivity index (χ0n) is 13.7. The first-order chi connectivity index (χ1) is 11.5. The van der Waals surface area contributed by atoms with Gasteiger partial charge >= 0.3 is 0 Å². The van der Waals surface area contributed by atoms with Crippen molar-refractivity contribution in [1.82, 2.24) is 14.0 Å². The number of H-pyrrole nitrogens is 1. The van der Waals surface area contributed by atoms with Gasteiger partial charge in [-0.1, -0.05) is 48.5 Å². The molecule has 3 rings (SSSR count). The molecule has 1 aromatic heterocycles. The van der Waals surface area contributed by atoms with Gasteiger partial charge in [0.05, 0.1) is 0 Å². The number of hydrogen-bond acceptors (Lipinski definition) is 2. The molecule has 126 valence electrons. The first kappa shape index (κ1) is 16.7. The predicted molar refractivity (Wildman–Crippen MR) is 97.2 cm³/mol. The van der Waals surface area contributed by atoms with Gasteiger partial charge in [-0.2, -0.15) is 12.7 Å². The molecule has 0 aliphatic rings. The minimum atomic E-state index is -3.47. The number of nitrogens with zero attached hydrogens (tertiary/aromatic N) is 1. The lowest BCUT2D eigenvalue weighted by Gasteiger charge is -2.20. The molecule has 0 saturated heterocycles. The van der Waals surface area contributed by atoms with E-state index >= 15 is 0 Å². The van der Waals surface area contributed by atoms with E-state index in [1.807, 2.05) is 54.7 Å². The number of aromatic nitrogens is 1. The van der Waals surface area contributed by atoms with E-state index in [2.05, 4.69) is 15.8 Å². The Morgan fingerprint density at radius 2 is 1.71 bits per heavy atom. The fourth-order valence-electron chi connectivity index (χ4n) is 2.79. The Kier molecular flexibility index (Phi) is 4.71. The molecule has 0 saturated carbocycles. The van der Waals surface area contributed by atoms with Crippen LogP contribution < -0.4 is 4.72 Å². The molecule has 2 aromatic carbocycles. The van der Waals surface area contributed by atoms with Crippen molar-refractivity contribution in [2.75, 3.05) is 20.6 Å². The molecule has 0 radical (unpaired) electrons. The van der Waals surface area contributed by atoms with Crippen LogP contribution in [0.1, 0.15) is 17.0 Å². The first-order valence-electron chi connectivity index (χ1n) is 7.77. The lowest BCUT2D eigenvalue weighted by molar-refractivity contribution is 0.503. The summed E-state index contributed by atoms with van der Waals surface area (Å²) in [6.07, 6.45) is 1.96. The smallest absolute Gasteiger partial charge is 0.278 e. The minimum Gasteiger partial charge on any atom is -0.361 e. The minimum absolute atomic E-state index is 0.0722. The summed E-state index contributed by atoms with van der Waals surface area (Å²) in [6.45, 7) is 0.298. The van der Waals surface area contributed by atoms with Gasteiger partial charge in [0.25, 0.3) is 10.2 Å². The average molecular weight is 343 g/mol. The normalized spacial score (nSPS) is 13.5. The highest BCUT2D eigenvalue weighted by Gasteiger charge is 2.21. The largest absolute Gasteiger partial charge is 0.361 e. The zero-order chi connectivity index (χ0) is 17.2. The lowest BCUT2D eigenvalue weighted by Crippen LogP contribution is -2.38. The van der Waals surface area contributed by atoms with Gasteiger partial charge in [0.15, 0.2) is 0 Å². The Labute approximate surface area is 142 Å². The SMILES string of the molecule is CN(C)S(=O)(=O)NC[C@@H](c1ccccc1)c1c[nH]c2ccccc12. The standard InChI is InChI=1S/C18H21N3O2S/c1-21(2)24(22,23)20-13-16(14-8-4-3-5-9-14)17-12-19-18-11-7-6-10-15(17)18/h3-12,16,19-20H,13H2,1-2H3/t16-/m0/s1. The van der Waals surface area contributed by atoms with Gasteiger partial charge in [0.1, 0.15) is 0 Å². The lowest BCUT2D eigenvalue weighted by atomic mass is 9.91. The van der Waals surface area contributed by atoms with Crippen molar-refractivity contribution in [3.8, 4) is 0 Å². The Balaban J connectivity index is 2.00. The monoisotopic (exact) mass is 343 g/mol. The van der Waals surface area contributed by atoms with E-state index in [4.69, 9.17) is 0 Å². The molecular weight excluding hydrogens is 322 g/mol. The van der Waals surface area contributed by atoms with Crippen LogP contribution in [0.2, 0.25) is 0 Å². The molecule has 0 unspecified atom stereocenters. The number of para-hydroxylation sites is 1. The van der Waals surface area contributed by atoms with Crippen LogP contribution in [-0.4, -0.2) is 38.3 Å². The Morgan fingerprint density at radius 3 is 2.42 bits per heavy atom. The quantitative estimate of drug-likeness (QED) is 0.723. The van der Waals surface area contributed by atoms with E-state index in [0.717, 1.165) is 22.0 Å². The molecule has 0 bridgehead atoms. The number of nitrogens with one attached hydrogen (secondary N) is 2. The molecule has 3 aromatic rings. The molecular formula is C18H21N3O2S. The van der Waals surface area contributed by atoms with Crippen LogP contribution in [0.25, 0.3) is 10.9 Å². The van der Waals surface area contributed by atoms with Crippen LogP contribution in [-0.2, 0) is 10.2 Å². The second-order valence-corrected chi connectivity index (χ2v) is 7.86. The van der Waals surface area contributed by atoms with Crippen LogP contribution >= 0.6 is 0 Å². The number of hydrogen-bond donors (Lipinski definition) is 2. The maximum Gasteiger partial charge on any atom is 0.278 e. The van der Waals surface area contributed by atoms with Crippen LogP contribution in [0.15, 0.2) is 60.8 Å². The van der Waals surface area contributed by atoms with Gasteiger partial charge in [0.2, 0.25) is 0 Å². The summed E-state index contributed by atoms with van der Waals surface area (Å²) in [6, 6.07) is 18.0. The Bertz CT molecular complexity index is 918. The molecule has 0 fully saturated rings. The molecule has 1 atom stereocenters. The third-order valence-electron chi connectivity index (χ3n) is 4.15. The number of benzene rings is 2. The summed E-state index contributed by atoms with van der Waals surface area (Å²) in [4.78, 5) is 3.27. The fraction of sp³-hybridized carbons (Fsp3) is 0.222. The maximum atomic E-state index is 12.1. The molecule has 6 heteroatoms. The Hall–Kier alpha value is -2.15. The van der Waals surface area contributed by atoms with Crippen molar-refractivity contribution in [3.63, 3.8) is 0 Å². The van der Waals surface area contributed by atoms with E-state index in [0.29, 0.717) is 6.54 Å². The topological polar surface area (TPSA) is 65.2 Å². The van der Waals surface area contributed by atoms with Gasteiger partial charge in [0, 0.05) is 43.7 Å². The van der Waals surface area contributed by atoms with Crippen molar-refractivity contribution in [2.45, 2.75) is 5.92 Å².